The first kappa shape index (κ1) is 19.6. The maximum atomic E-state index is 13.0. The second-order valence-corrected chi connectivity index (χ2v) is 7.39. The van der Waals surface area contributed by atoms with Gasteiger partial charge in [-0.2, -0.15) is 0 Å². The van der Waals surface area contributed by atoms with E-state index in [1.807, 2.05) is 44.2 Å². The number of hydrogen-bond acceptors (Lipinski definition) is 8. The summed E-state index contributed by atoms with van der Waals surface area (Å²) >= 11 is 1.26. The molecule has 28 heavy (non-hydrogen) atoms. The van der Waals surface area contributed by atoms with Gasteiger partial charge in [0.15, 0.2) is 10.8 Å². The van der Waals surface area contributed by atoms with E-state index in [-0.39, 0.29) is 17.5 Å². The predicted octanol–water partition coefficient (Wildman–Crippen LogP) is 2.46. The highest BCUT2D eigenvalue weighted by Crippen LogP contribution is 2.31. The van der Waals surface area contributed by atoms with Gasteiger partial charge in [0.1, 0.15) is 12.4 Å². The van der Waals surface area contributed by atoms with Crippen LogP contribution in [0.3, 0.4) is 0 Å². The molecule has 0 saturated heterocycles. The van der Waals surface area contributed by atoms with Gasteiger partial charge in [-0.05, 0) is 21.9 Å². The second-order valence-electron chi connectivity index (χ2n) is 6.36. The van der Waals surface area contributed by atoms with Crippen LogP contribution in [0.5, 0.6) is 0 Å². The van der Waals surface area contributed by atoms with Crippen molar-refractivity contribution in [3.8, 4) is 0 Å². The molecule has 0 aliphatic rings. The number of thiazole rings is 1. The summed E-state index contributed by atoms with van der Waals surface area (Å²) in [5.41, 5.74) is 1.19. The van der Waals surface area contributed by atoms with E-state index in [4.69, 9.17) is 4.74 Å². The monoisotopic (exact) mass is 400 g/mol. The highest BCUT2D eigenvalue weighted by Gasteiger charge is 2.26. The van der Waals surface area contributed by atoms with Crippen molar-refractivity contribution >= 4 is 28.3 Å². The number of rotatable bonds is 7. The Morgan fingerprint density at radius 1 is 1.25 bits per heavy atom. The summed E-state index contributed by atoms with van der Waals surface area (Å²) in [6.45, 7) is 3.90. The van der Waals surface area contributed by atoms with Crippen LogP contribution < -0.4 is 5.32 Å². The van der Waals surface area contributed by atoms with E-state index >= 15 is 0 Å². The van der Waals surface area contributed by atoms with Gasteiger partial charge in [0, 0.05) is 11.3 Å². The molecule has 0 aliphatic heterocycles. The number of nitrogens with zero attached hydrogens (tertiary/aromatic N) is 5. The third-order valence-electron chi connectivity index (χ3n) is 4.05. The molecule has 0 fully saturated rings. The Kier molecular flexibility index (Phi) is 6.09. The van der Waals surface area contributed by atoms with Crippen molar-refractivity contribution in [1.82, 2.24) is 25.2 Å². The topological polar surface area (TPSA) is 112 Å². The fraction of sp³-hybridized carbons (Fsp3) is 0.333. The fourth-order valence-electron chi connectivity index (χ4n) is 2.66. The molecule has 0 unspecified atom stereocenters. The molecule has 3 aromatic rings. The zero-order valence-electron chi connectivity index (χ0n) is 15.7. The predicted molar refractivity (Wildman–Crippen MR) is 103 cm³/mol. The molecule has 10 heteroatoms. The molecule has 0 spiro atoms. The molecule has 0 saturated carbocycles. The van der Waals surface area contributed by atoms with Crippen LogP contribution in [0.2, 0.25) is 0 Å². The van der Waals surface area contributed by atoms with Crippen molar-refractivity contribution in [1.29, 1.82) is 0 Å². The summed E-state index contributed by atoms with van der Waals surface area (Å²) in [4.78, 5) is 30.0. The zero-order chi connectivity index (χ0) is 20.1. The van der Waals surface area contributed by atoms with Crippen molar-refractivity contribution in [2.24, 2.45) is 0 Å². The van der Waals surface area contributed by atoms with Gasteiger partial charge >= 0.3 is 5.97 Å². The van der Waals surface area contributed by atoms with Crippen LogP contribution in [0.4, 0.5) is 5.13 Å². The molecule has 0 radical (unpaired) electrons. The number of hydrogen-bond donors (Lipinski definition) is 1. The molecule has 0 aliphatic carbocycles. The minimum atomic E-state index is -0.662. The average Bonchev–Trinajstić information content (AvgIpc) is 3.36. The molecular weight excluding hydrogens is 380 g/mol. The number of aromatic nitrogens is 5. The number of ether oxygens (including phenoxy) is 1. The van der Waals surface area contributed by atoms with E-state index in [1.165, 1.54) is 29.5 Å². The normalized spacial score (nSPS) is 12.0. The fourth-order valence-corrected chi connectivity index (χ4v) is 3.62. The molecular formula is C18H20N6O3S. The highest BCUT2D eigenvalue weighted by molar-refractivity contribution is 7.16. The van der Waals surface area contributed by atoms with Crippen LogP contribution in [0, 0.1) is 0 Å². The lowest BCUT2D eigenvalue weighted by atomic mass is 10.1. The Balaban J connectivity index is 1.85. The number of anilines is 1. The Bertz CT molecular complexity index is 940. The molecule has 1 amide bonds. The summed E-state index contributed by atoms with van der Waals surface area (Å²) in [5.74, 6) is -0.782. The summed E-state index contributed by atoms with van der Waals surface area (Å²) in [5, 5.41) is 14.3. The maximum absolute atomic E-state index is 13.0. The van der Waals surface area contributed by atoms with Crippen molar-refractivity contribution in [2.75, 3.05) is 12.4 Å². The van der Waals surface area contributed by atoms with Crippen LogP contribution >= 0.6 is 11.3 Å². The SMILES string of the molecule is COC(=O)c1nc(NC(=O)[C@H](Cc2ccccc2)n2cnnn2)sc1C(C)C. The van der Waals surface area contributed by atoms with Gasteiger partial charge in [0.2, 0.25) is 0 Å². The number of tetrazole rings is 1. The Morgan fingerprint density at radius 2 is 2.00 bits per heavy atom. The van der Waals surface area contributed by atoms with Crippen molar-refractivity contribution in [3.63, 3.8) is 0 Å². The minimum absolute atomic E-state index is 0.0666. The lowest BCUT2D eigenvalue weighted by Gasteiger charge is -2.15. The largest absolute Gasteiger partial charge is 0.464 e. The lowest BCUT2D eigenvalue weighted by molar-refractivity contribution is -0.119. The molecule has 1 N–H and O–H groups in total. The second kappa shape index (κ2) is 8.70. The summed E-state index contributed by atoms with van der Waals surface area (Å²) in [6.07, 6.45) is 1.80. The third kappa shape index (κ3) is 4.39. The Hall–Kier alpha value is -3.14. The van der Waals surface area contributed by atoms with E-state index < -0.39 is 12.0 Å². The van der Waals surface area contributed by atoms with Gasteiger partial charge in [-0.3, -0.25) is 4.79 Å². The Labute approximate surface area is 165 Å². The maximum Gasteiger partial charge on any atom is 0.357 e. The van der Waals surface area contributed by atoms with E-state index in [2.05, 4.69) is 25.8 Å². The third-order valence-corrected chi connectivity index (χ3v) is 5.32. The van der Waals surface area contributed by atoms with Gasteiger partial charge in [0.05, 0.1) is 7.11 Å². The van der Waals surface area contributed by atoms with Gasteiger partial charge in [-0.25, -0.2) is 14.5 Å². The smallest absolute Gasteiger partial charge is 0.357 e. The molecule has 2 aromatic heterocycles. The van der Waals surface area contributed by atoms with Crippen LogP contribution in [0.15, 0.2) is 36.7 Å². The van der Waals surface area contributed by atoms with Gasteiger partial charge in [-0.1, -0.05) is 44.2 Å². The summed E-state index contributed by atoms with van der Waals surface area (Å²) < 4.78 is 6.20. The first-order valence-electron chi connectivity index (χ1n) is 8.66. The van der Waals surface area contributed by atoms with Crippen LogP contribution in [-0.2, 0) is 16.0 Å². The zero-order valence-corrected chi connectivity index (χ0v) is 16.5. The lowest BCUT2D eigenvalue weighted by Crippen LogP contribution is -2.28. The molecule has 0 bridgehead atoms. The van der Waals surface area contributed by atoms with E-state index in [0.29, 0.717) is 11.6 Å². The number of benzene rings is 1. The van der Waals surface area contributed by atoms with Crippen molar-refractivity contribution in [2.45, 2.75) is 32.2 Å². The number of methoxy groups -OCH3 is 1. The number of carbonyl (C=O) groups is 2. The van der Waals surface area contributed by atoms with Crippen LogP contribution in [-0.4, -0.2) is 44.2 Å². The summed E-state index contributed by atoms with van der Waals surface area (Å²) in [6, 6.07) is 8.92. The first-order chi connectivity index (χ1) is 13.5. The van der Waals surface area contributed by atoms with Crippen molar-refractivity contribution in [3.05, 3.63) is 52.8 Å². The molecule has 1 atom stereocenters. The molecule has 146 valence electrons. The summed E-state index contributed by atoms with van der Waals surface area (Å²) in [7, 11) is 1.30. The average molecular weight is 400 g/mol. The number of esters is 1. The van der Waals surface area contributed by atoms with E-state index in [9.17, 15) is 9.59 Å². The standard InChI is InChI=1S/C18H20N6O3S/c1-11(2)15-14(17(26)27-3)20-18(28-15)21-16(25)13(24-10-19-22-23-24)9-12-7-5-4-6-8-12/h4-8,10-11,13H,9H2,1-3H3,(H,20,21,25)/t13-/m0/s1. The van der Waals surface area contributed by atoms with Gasteiger partial charge < -0.3 is 10.1 Å². The highest BCUT2D eigenvalue weighted by atomic mass is 32.1. The molecule has 1 aromatic carbocycles. The Morgan fingerprint density at radius 3 is 2.61 bits per heavy atom. The number of nitrogens with one attached hydrogen (secondary N) is 1. The quantitative estimate of drug-likeness (QED) is 0.606. The minimum Gasteiger partial charge on any atom is -0.464 e. The van der Waals surface area contributed by atoms with E-state index in [0.717, 1.165) is 10.4 Å². The van der Waals surface area contributed by atoms with Crippen LogP contribution in [0.25, 0.3) is 0 Å². The molecule has 9 nitrogen and oxygen atoms in total. The first-order valence-corrected chi connectivity index (χ1v) is 9.47. The molecule has 2 heterocycles. The van der Waals surface area contributed by atoms with Crippen molar-refractivity contribution < 1.29 is 14.3 Å². The number of carbonyl (C=O) groups excluding carboxylic acids is 2. The molecule has 3 rings (SSSR count). The van der Waals surface area contributed by atoms with E-state index in [1.54, 1.807) is 0 Å². The van der Waals surface area contributed by atoms with Gasteiger partial charge in [-0.15, -0.1) is 16.4 Å². The van der Waals surface area contributed by atoms with Crippen LogP contribution in [0.1, 0.15) is 46.7 Å². The number of amides is 1. The van der Waals surface area contributed by atoms with Gasteiger partial charge in [0.25, 0.3) is 5.91 Å².